The fourth-order valence-electron chi connectivity index (χ4n) is 2.81. The minimum atomic E-state index is -3.28. The SMILES string of the molecule is Cc1ccc(-c2cn(CCCO)nc2-c2ccc(S(C)(=O)=O)cc2)cc1F. The minimum absolute atomic E-state index is 0.0484. The molecule has 0 saturated heterocycles. The highest BCUT2D eigenvalue weighted by atomic mass is 32.2. The summed E-state index contributed by atoms with van der Waals surface area (Å²) in [5.41, 5.74) is 3.37. The van der Waals surface area contributed by atoms with E-state index in [4.69, 9.17) is 5.11 Å². The molecule has 0 aliphatic heterocycles. The fraction of sp³-hybridized carbons (Fsp3) is 0.250. The predicted octanol–water partition coefficient (Wildman–Crippen LogP) is 3.45. The molecule has 0 saturated carbocycles. The molecule has 142 valence electrons. The molecule has 1 heterocycles. The standard InChI is InChI=1S/C20H21FN2O3S/c1-14-4-5-16(12-19(14)21)18-13-23(10-3-11-24)22-20(18)15-6-8-17(9-7-15)27(2,25)26/h4-9,12-13,24H,3,10-11H2,1-2H3. The van der Waals surface area contributed by atoms with Crippen LogP contribution in [0.3, 0.4) is 0 Å². The molecule has 5 nitrogen and oxygen atoms in total. The number of aromatic nitrogens is 2. The van der Waals surface area contributed by atoms with E-state index >= 15 is 0 Å². The van der Waals surface area contributed by atoms with Crippen molar-refractivity contribution in [2.75, 3.05) is 12.9 Å². The highest BCUT2D eigenvalue weighted by molar-refractivity contribution is 7.90. The molecule has 0 amide bonds. The average Bonchev–Trinajstić information content (AvgIpc) is 3.06. The van der Waals surface area contributed by atoms with Crippen LogP contribution < -0.4 is 0 Å². The average molecular weight is 388 g/mol. The van der Waals surface area contributed by atoms with Gasteiger partial charge in [0.2, 0.25) is 0 Å². The van der Waals surface area contributed by atoms with Gasteiger partial charge in [-0.25, -0.2) is 12.8 Å². The molecule has 27 heavy (non-hydrogen) atoms. The molecule has 0 atom stereocenters. The number of hydrogen-bond acceptors (Lipinski definition) is 4. The van der Waals surface area contributed by atoms with E-state index in [1.165, 1.54) is 18.2 Å². The van der Waals surface area contributed by atoms with Crippen molar-refractivity contribution >= 4 is 9.84 Å². The molecule has 3 rings (SSSR count). The summed E-state index contributed by atoms with van der Waals surface area (Å²) >= 11 is 0. The first-order valence-corrected chi connectivity index (χ1v) is 10.4. The molecule has 0 spiro atoms. The Morgan fingerprint density at radius 1 is 1.11 bits per heavy atom. The molecule has 0 fully saturated rings. The minimum Gasteiger partial charge on any atom is -0.396 e. The monoisotopic (exact) mass is 388 g/mol. The molecular formula is C20H21FN2O3S. The Hall–Kier alpha value is -2.51. The first kappa shape index (κ1) is 19.3. The van der Waals surface area contributed by atoms with Gasteiger partial charge in [-0.2, -0.15) is 5.10 Å². The topological polar surface area (TPSA) is 72.2 Å². The van der Waals surface area contributed by atoms with Crippen molar-refractivity contribution in [2.45, 2.75) is 24.8 Å². The van der Waals surface area contributed by atoms with Crippen molar-refractivity contribution in [2.24, 2.45) is 0 Å². The Kier molecular flexibility index (Phi) is 5.43. The predicted molar refractivity (Wildman–Crippen MR) is 103 cm³/mol. The van der Waals surface area contributed by atoms with Crippen molar-refractivity contribution in [3.8, 4) is 22.4 Å². The quantitative estimate of drug-likeness (QED) is 0.702. The molecule has 0 bridgehead atoms. The first-order valence-electron chi connectivity index (χ1n) is 8.55. The maximum absolute atomic E-state index is 14.1. The molecule has 0 aliphatic carbocycles. The zero-order valence-electron chi connectivity index (χ0n) is 15.2. The van der Waals surface area contributed by atoms with Crippen molar-refractivity contribution in [1.29, 1.82) is 0 Å². The van der Waals surface area contributed by atoms with Crippen LogP contribution in [-0.4, -0.2) is 36.2 Å². The number of rotatable bonds is 6. The number of aryl methyl sites for hydroxylation is 2. The van der Waals surface area contributed by atoms with E-state index in [-0.39, 0.29) is 17.3 Å². The van der Waals surface area contributed by atoms with Crippen LogP contribution in [0.2, 0.25) is 0 Å². The third-order valence-corrected chi connectivity index (χ3v) is 5.47. The largest absolute Gasteiger partial charge is 0.396 e. The number of hydrogen-bond donors (Lipinski definition) is 1. The number of aliphatic hydroxyl groups is 1. The third-order valence-electron chi connectivity index (χ3n) is 4.35. The van der Waals surface area contributed by atoms with Gasteiger partial charge in [-0.05, 0) is 42.7 Å². The second-order valence-electron chi connectivity index (χ2n) is 6.49. The van der Waals surface area contributed by atoms with Crippen molar-refractivity contribution in [1.82, 2.24) is 9.78 Å². The molecule has 0 radical (unpaired) electrons. The zero-order valence-corrected chi connectivity index (χ0v) is 16.0. The van der Waals surface area contributed by atoms with E-state index in [1.807, 2.05) is 12.3 Å². The molecule has 2 aromatic carbocycles. The van der Waals surface area contributed by atoms with Crippen LogP contribution in [0, 0.1) is 12.7 Å². The maximum Gasteiger partial charge on any atom is 0.175 e. The lowest BCUT2D eigenvalue weighted by atomic mass is 10.0. The molecule has 1 aromatic heterocycles. The molecule has 0 unspecified atom stereocenters. The van der Waals surface area contributed by atoms with Gasteiger partial charge in [0.1, 0.15) is 11.5 Å². The first-order chi connectivity index (χ1) is 12.8. The Bertz CT molecular complexity index is 1060. The van der Waals surface area contributed by atoms with Gasteiger partial charge in [-0.1, -0.05) is 24.3 Å². The van der Waals surface area contributed by atoms with Gasteiger partial charge >= 0.3 is 0 Å². The van der Waals surface area contributed by atoms with Gasteiger partial charge in [0.05, 0.1) is 4.90 Å². The molecule has 1 N–H and O–H groups in total. The van der Waals surface area contributed by atoms with Crippen LogP contribution in [0.5, 0.6) is 0 Å². The van der Waals surface area contributed by atoms with Gasteiger partial charge in [-0.3, -0.25) is 4.68 Å². The van der Waals surface area contributed by atoms with Gasteiger partial charge in [0, 0.05) is 36.7 Å². The number of halogens is 1. The van der Waals surface area contributed by atoms with Gasteiger partial charge in [0.25, 0.3) is 0 Å². The van der Waals surface area contributed by atoms with Crippen molar-refractivity contribution in [3.63, 3.8) is 0 Å². The molecule has 3 aromatic rings. The van der Waals surface area contributed by atoms with Crippen LogP contribution >= 0.6 is 0 Å². The second kappa shape index (κ2) is 7.62. The van der Waals surface area contributed by atoms with Gasteiger partial charge in [0.15, 0.2) is 9.84 Å². The Morgan fingerprint density at radius 3 is 2.37 bits per heavy atom. The number of sulfone groups is 1. The van der Waals surface area contributed by atoms with E-state index in [1.54, 1.807) is 29.8 Å². The maximum atomic E-state index is 14.1. The van der Waals surface area contributed by atoms with Crippen LogP contribution in [0.1, 0.15) is 12.0 Å². The lowest BCUT2D eigenvalue weighted by Crippen LogP contribution is -2.00. The number of aliphatic hydroxyl groups excluding tert-OH is 1. The van der Waals surface area contributed by atoms with E-state index < -0.39 is 9.84 Å². The highest BCUT2D eigenvalue weighted by Crippen LogP contribution is 2.32. The van der Waals surface area contributed by atoms with E-state index in [9.17, 15) is 12.8 Å². The molecule has 7 heteroatoms. The zero-order chi connectivity index (χ0) is 19.6. The summed E-state index contributed by atoms with van der Waals surface area (Å²) in [5.74, 6) is -0.297. The van der Waals surface area contributed by atoms with Crippen LogP contribution in [-0.2, 0) is 16.4 Å². The summed E-state index contributed by atoms with van der Waals surface area (Å²) in [5, 5.41) is 13.6. The molecule has 0 aliphatic rings. The van der Waals surface area contributed by atoms with E-state index in [2.05, 4.69) is 5.10 Å². The van der Waals surface area contributed by atoms with Crippen molar-refractivity contribution < 1.29 is 17.9 Å². The Balaban J connectivity index is 2.10. The number of benzene rings is 2. The van der Waals surface area contributed by atoms with Gasteiger partial charge in [-0.15, -0.1) is 0 Å². The Labute approximate surface area is 158 Å². The smallest absolute Gasteiger partial charge is 0.175 e. The van der Waals surface area contributed by atoms with Crippen LogP contribution in [0.15, 0.2) is 53.6 Å². The normalized spacial score (nSPS) is 11.7. The lowest BCUT2D eigenvalue weighted by Gasteiger charge is -2.05. The van der Waals surface area contributed by atoms with E-state index in [0.717, 1.165) is 17.4 Å². The Morgan fingerprint density at radius 2 is 1.78 bits per heavy atom. The van der Waals surface area contributed by atoms with Crippen LogP contribution in [0.25, 0.3) is 22.4 Å². The lowest BCUT2D eigenvalue weighted by molar-refractivity contribution is 0.277. The molecular weight excluding hydrogens is 367 g/mol. The van der Waals surface area contributed by atoms with Gasteiger partial charge < -0.3 is 5.11 Å². The number of nitrogens with zero attached hydrogens (tertiary/aromatic N) is 2. The summed E-state index contributed by atoms with van der Waals surface area (Å²) < 4.78 is 39.1. The summed E-state index contributed by atoms with van der Waals surface area (Å²) in [6, 6.07) is 11.5. The summed E-state index contributed by atoms with van der Waals surface area (Å²) in [4.78, 5) is 0.230. The summed E-state index contributed by atoms with van der Waals surface area (Å²) in [6.45, 7) is 2.28. The summed E-state index contributed by atoms with van der Waals surface area (Å²) in [6.07, 6.45) is 3.53. The fourth-order valence-corrected chi connectivity index (χ4v) is 3.44. The summed E-state index contributed by atoms with van der Waals surface area (Å²) in [7, 11) is -3.28. The second-order valence-corrected chi connectivity index (χ2v) is 8.51. The van der Waals surface area contributed by atoms with E-state index in [0.29, 0.717) is 29.8 Å². The van der Waals surface area contributed by atoms with Crippen LogP contribution in [0.4, 0.5) is 4.39 Å². The highest BCUT2D eigenvalue weighted by Gasteiger charge is 2.15. The third kappa shape index (κ3) is 4.26. The van der Waals surface area contributed by atoms with Crippen molar-refractivity contribution in [3.05, 3.63) is 60.0 Å².